The van der Waals surface area contributed by atoms with Crippen LogP contribution in [0.5, 0.6) is 5.75 Å². The molecule has 1 aliphatic rings. The van der Waals surface area contributed by atoms with Gasteiger partial charge in [0.1, 0.15) is 11.5 Å². The summed E-state index contributed by atoms with van der Waals surface area (Å²) in [7, 11) is 1.55. The van der Waals surface area contributed by atoms with E-state index < -0.39 is 17.7 Å². The Morgan fingerprint density at radius 1 is 1.10 bits per heavy atom. The van der Waals surface area contributed by atoms with E-state index in [0.717, 1.165) is 10.6 Å². The van der Waals surface area contributed by atoms with Crippen LogP contribution < -0.4 is 9.64 Å². The van der Waals surface area contributed by atoms with Gasteiger partial charge in [0.25, 0.3) is 5.78 Å². The van der Waals surface area contributed by atoms with Crippen LogP contribution in [0.3, 0.4) is 0 Å². The van der Waals surface area contributed by atoms with Crippen molar-refractivity contribution in [2.75, 3.05) is 12.0 Å². The van der Waals surface area contributed by atoms with Crippen LogP contribution in [0.4, 0.5) is 5.13 Å². The molecular formula is C23H20N2O4S. The highest BCUT2D eigenvalue weighted by Gasteiger charge is 2.48. The third kappa shape index (κ3) is 3.27. The monoisotopic (exact) mass is 420 g/mol. The average molecular weight is 420 g/mol. The minimum Gasteiger partial charge on any atom is -0.507 e. The van der Waals surface area contributed by atoms with Crippen LogP contribution in [0.15, 0.2) is 60.2 Å². The number of aliphatic hydroxyl groups excluding tert-OH is 1. The first-order valence-electron chi connectivity index (χ1n) is 9.36. The number of carbonyl (C=O) groups is 2. The number of Topliss-reactive ketones (excluding diaryl/α,β-unsaturated/α-hetero) is 1. The number of benzene rings is 2. The van der Waals surface area contributed by atoms with E-state index in [-0.39, 0.29) is 11.3 Å². The number of amides is 1. The molecule has 0 unspecified atom stereocenters. The predicted molar refractivity (Wildman–Crippen MR) is 116 cm³/mol. The zero-order valence-electron chi connectivity index (χ0n) is 16.7. The number of methoxy groups -OCH3 is 1. The molecule has 152 valence electrons. The van der Waals surface area contributed by atoms with Crippen LogP contribution >= 0.6 is 11.3 Å². The second kappa shape index (κ2) is 7.76. The standard InChI is InChI=1S/C23H20N2O4S/c1-13-14(2)30-23(24-13)25-19(16-10-7-11-17(12-16)29-3)18(21(27)22(25)28)20(26)15-8-5-4-6-9-15/h4-12,19,26H,1-3H3/t19-/m1/s1. The van der Waals surface area contributed by atoms with E-state index >= 15 is 0 Å². The van der Waals surface area contributed by atoms with E-state index in [9.17, 15) is 14.7 Å². The maximum absolute atomic E-state index is 13.1. The Hall–Kier alpha value is -3.45. The van der Waals surface area contributed by atoms with Crippen LogP contribution in [0.2, 0.25) is 0 Å². The number of aliphatic hydroxyl groups is 1. The van der Waals surface area contributed by atoms with Gasteiger partial charge in [0.15, 0.2) is 5.13 Å². The number of ether oxygens (including phenoxy) is 1. The van der Waals surface area contributed by atoms with Gasteiger partial charge in [-0.05, 0) is 31.5 Å². The fourth-order valence-corrected chi connectivity index (χ4v) is 4.40. The smallest absolute Gasteiger partial charge is 0.301 e. The topological polar surface area (TPSA) is 79.7 Å². The predicted octanol–water partition coefficient (Wildman–Crippen LogP) is 4.39. The van der Waals surface area contributed by atoms with E-state index in [2.05, 4.69) is 4.98 Å². The van der Waals surface area contributed by atoms with Gasteiger partial charge in [0, 0.05) is 10.4 Å². The normalized spacial score (nSPS) is 18.1. The second-order valence-corrected chi connectivity index (χ2v) is 8.13. The summed E-state index contributed by atoms with van der Waals surface area (Å²) in [6.07, 6.45) is 0. The number of nitrogens with zero attached hydrogens (tertiary/aromatic N) is 2. The molecule has 1 N–H and O–H groups in total. The summed E-state index contributed by atoms with van der Waals surface area (Å²) in [6.45, 7) is 3.77. The Morgan fingerprint density at radius 3 is 2.47 bits per heavy atom. The van der Waals surface area contributed by atoms with Gasteiger partial charge in [-0.15, -0.1) is 11.3 Å². The summed E-state index contributed by atoms with van der Waals surface area (Å²) in [5.74, 6) is -1.08. The Bertz CT molecular complexity index is 1150. The number of ketones is 1. The largest absolute Gasteiger partial charge is 0.507 e. The van der Waals surface area contributed by atoms with E-state index in [0.29, 0.717) is 22.0 Å². The zero-order chi connectivity index (χ0) is 21.4. The van der Waals surface area contributed by atoms with Crippen molar-refractivity contribution in [1.82, 2.24) is 4.98 Å². The molecule has 1 fully saturated rings. The lowest BCUT2D eigenvalue weighted by Gasteiger charge is -2.23. The Labute approximate surface area is 178 Å². The molecule has 4 rings (SSSR count). The fraction of sp³-hybridized carbons (Fsp3) is 0.174. The number of aromatic nitrogens is 1. The molecule has 1 aliphatic heterocycles. The summed E-state index contributed by atoms with van der Waals surface area (Å²) in [4.78, 5) is 33.0. The van der Waals surface area contributed by atoms with Crippen LogP contribution in [-0.2, 0) is 9.59 Å². The van der Waals surface area contributed by atoms with E-state index in [1.165, 1.54) is 16.2 Å². The van der Waals surface area contributed by atoms with Gasteiger partial charge in [-0.3, -0.25) is 14.5 Å². The van der Waals surface area contributed by atoms with Crippen molar-refractivity contribution in [1.29, 1.82) is 0 Å². The first kappa shape index (κ1) is 19.8. The highest BCUT2D eigenvalue weighted by atomic mass is 32.1. The van der Waals surface area contributed by atoms with Gasteiger partial charge in [-0.25, -0.2) is 4.98 Å². The first-order chi connectivity index (χ1) is 14.4. The molecule has 30 heavy (non-hydrogen) atoms. The lowest BCUT2D eigenvalue weighted by Crippen LogP contribution is -2.29. The summed E-state index contributed by atoms with van der Waals surface area (Å²) in [6, 6.07) is 15.1. The van der Waals surface area contributed by atoms with E-state index in [4.69, 9.17) is 4.74 Å². The van der Waals surface area contributed by atoms with Gasteiger partial charge < -0.3 is 9.84 Å². The number of rotatable bonds is 4. The van der Waals surface area contributed by atoms with Crippen LogP contribution in [-0.4, -0.2) is 28.9 Å². The van der Waals surface area contributed by atoms with Gasteiger partial charge in [0.2, 0.25) is 0 Å². The van der Waals surface area contributed by atoms with Gasteiger partial charge in [-0.2, -0.15) is 0 Å². The van der Waals surface area contributed by atoms with Crippen LogP contribution in [0.25, 0.3) is 5.76 Å². The molecule has 3 aromatic rings. The third-order valence-electron chi connectivity index (χ3n) is 5.12. The maximum atomic E-state index is 13.1. The lowest BCUT2D eigenvalue weighted by molar-refractivity contribution is -0.132. The van der Waals surface area contributed by atoms with Crippen molar-refractivity contribution in [2.24, 2.45) is 0 Å². The Morgan fingerprint density at radius 2 is 1.83 bits per heavy atom. The molecule has 2 heterocycles. The highest BCUT2D eigenvalue weighted by molar-refractivity contribution is 7.16. The summed E-state index contributed by atoms with van der Waals surface area (Å²) in [5, 5.41) is 11.4. The highest BCUT2D eigenvalue weighted by Crippen LogP contribution is 2.44. The van der Waals surface area contributed by atoms with Gasteiger partial charge in [0.05, 0.1) is 24.4 Å². The van der Waals surface area contributed by atoms with Gasteiger partial charge >= 0.3 is 5.91 Å². The third-order valence-corrected chi connectivity index (χ3v) is 6.20. The molecule has 2 aromatic carbocycles. The number of anilines is 1. The molecule has 1 atom stereocenters. The summed E-state index contributed by atoms with van der Waals surface area (Å²) < 4.78 is 5.33. The van der Waals surface area contributed by atoms with E-state index in [1.807, 2.05) is 19.9 Å². The molecule has 1 aromatic heterocycles. The van der Waals surface area contributed by atoms with Crippen molar-refractivity contribution in [3.8, 4) is 5.75 Å². The quantitative estimate of drug-likeness (QED) is 0.385. The number of hydrogen-bond acceptors (Lipinski definition) is 6. The molecule has 0 bridgehead atoms. The molecule has 0 spiro atoms. The lowest BCUT2D eigenvalue weighted by atomic mass is 9.95. The average Bonchev–Trinajstić information content (AvgIpc) is 3.23. The van der Waals surface area contributed by atoms with Crippen molar-refractivity contribution in [3.63, 3.8) is 0 Å². The molecule has 0 aliphatic carbocycles. The summed E-state index contributed by atoms with van der Waals surface area (Å²) in [5.41, 5.74) is 1.95. The maximum Gasteiger partial charge on any atom is 0.301 e. The van der Waals surface area contributed by atoms with Crippen molar-refractivity contribution in [2.45, 2.75) is 19.9 Å². The van der Waals surface area contributed by atoms with Gasteiger partial charge in [-0.1, -0.05) is 42.5 Å². The number of hydrogen-bond donors (Lipinski definition) is 1. The molecule has 0 radical (unpaired) electrons. The van der Waals surface area contributed by atoms with Crippen LogP contribution in [0.1, 0.15) is 27.7 Å². The molecule has 7 heteroatoms. The molecule has 6 nitrogen and oxygen atoms in total. The number of carbonyl (C=O) groups excluding carboxylic acids is 2. The zero-order valence-corrected chi connectivity index (χ0v) is 17.6. The Balaban J connectivity index is 1.96. The van der Waals surface area contributed by atoms with E-state index in [1.54, 1.807) is 55.6 Å². The molecular weight excluding hydrogens is 400 g/mol. The Kier molecular flexibility index (Phi) is 5.13. The number of thiazole rings is 1. The fourth-order valence-electron chi connectivity index (χ4n) is 3.47. The minimum absolute atomic E-state index is 0.0324. The molecule has 1 saturated heterocycles. The first-order valence-corrected chi connectivity index (χ1v) is 10.2. The van der Waals surface area contributed by atoms with Crippen molar-refractivity contribution < 1.29 is 19.4 Å². The minimum atomic E-state index is -0.815. The van der Waals surface area contributed by atoms with Crippen LogP contribution in [0, 0.1) is 13.8 Å². The summed E-state index contributed by atoms with van der Waals surface area (Å²) >= 11 is 1.34. The second-order valence-electron chi connectivity index (χ2n) is 6.95. The van der Waals surface area contributed by atoms with Crippen molar-refractivity contribution in [3.05, 3.63) is 81.9 Å². The molecule has 1 amide bonds. The van der Waals surface area contributed by atoms with Crippen molar-refractivity contribution >= 4 is 33.9 Å². The number of aryl methyl sites for hydroxylation is 2. The molecule has 0 saturated carbocycles. The SMILES string of the molecule is COc1cccc([C@@H]2C(=C(O)c3ccccc3)C(=O)C(=O)N2c2nc(C)c(C)s2)c1.